The van der Waals surface area contributed by atoms with Gasteiger partial charge in [0.25, 0.3) is 0 Å². The molecule has 1 heterocycles. The van der Waals surface area contributed by atoms with Gasteiger partial charge in [-0.25, -0.2) is 0 Å². The quantitative estimate of drug-likeness (QED) is 0.905. The van der Waals surface area contributed by atoms with Gasteiger partial charge < -0.3 is 10.6 Å². The summed E-state index contributed by atoms with van der Waals surface area (Å²) in [6.07, 6.45) is -2.61. The number of rotatable bonds is 3. The van der Waals surface area contributed by atoms with Crippen molar-refractivity contribution in [1.82, 2.24) is 9.36 Å². The van der Waals surface area contributed by atoms with Crippen LogP contribution in [-0.4, -0.2) is 29.0 Å². The van der Waals surface area contributed by atoms with Crippen LogP contribution in [0.5, 0.6) is 0 Å². The predicted molar refractivity (Wildman–Crippen MR) is 58.9 cm³/mol. The minimum absolute atomic E-state index is 0.244. The molecule has 0 aromatic carbocycles. The molecule has 0 aliphatic heterocycles. The SMILES string of the molecule is CN(CC1CC(N)C1)c1nc(C(F)(F)F)ns1. The maximum absolute atomic E-state index is 12.3. The zero-order chi connectivity index (χ0) is 12.6. The van der Waals surface area contributed by atoms with Gasteiger partial charge in [0.1, 0.15) is 0 Å². The van der Waals surface area contributed by atoms with Crippen LogP contribution in [0.2, 0.25) is 0 Å². The molecule has 4 nitrogen and oxygen atoms in total. The second-order valence-electron chi connectivity index (χ2n) is 4.38. The third-order valence-corrected chi connectivity index (χ3v) is 3.63. The fourth-order valence-corrected chi connectivity index (χ4v) is 2.54. The summed E-state index contributed by atoms with van der Waals surface area (Å²) in [5.41, 5.74) is 5.65. The Morgan fingerprint density at radius 1 is 1.47 bits per heavy atom. The molecule has 0 atom stereocenters. The van der Waals surface area contributed by atoms with Gasteiger partial charge >= 0.3 is 6.18 Å². The van der Waals surface area contributed by atoms with Crippen LogP contribution < -0.4 is 10.6 Å². The highest BCUT2D eigenvalue weighted by atomic mass is 32.1. The molecule has 1 saturated carbocycles. The summed E-state index contributed by atoms with van der Waals surface area (Å²) in [7, 11) is 1.73. The van der Waals surface area contributed by atoms with Gasteiger partial charge in [0, 0.05) is 31.2 Å². The number of alkyl halides is 3. The molecule has 1 aromatic heterocycles. The summed E-state index contributed by atoms with van der Waals surface area (Å²) in [4.78, 5) is 5.20. The van der Waals surface area contributed by atoms with Crippen LogP contribution >= 0.6 is 11.5 Å². The van der Waals surface area contributed by atoms with Gasteiger partial charge in [-0.15, -0.1) is 0 Å². The van der Waals surface area contributed by atoms with Gasteiger partial charge in [0.2, 0.25) is 11.0 Å². The molecule has 0 spiro atoms. The van der Waals surface area contributed by atoms with Crippen LogP contribution in [0.15, 0.2) is 0 Å². The Labute approximate surface area is 101 Å². The third kappa shape index (κ3) is 2.86. The van der Waals surface area contributed by atoms with E-state index in [1.165, 1.54) is 0 Å². The normalized spacial score (nSPS) is 24.5. The number of hydrogen-bond donors (Lipinski definition) is 1. The first-order valence-corrected chi connectivity index (χ1v) is 6.01. The molecule has 1 fully saturated rings. The largest absolute Gasteiger partial charge is 0.452 e. The van der Waals surface area contributed by atoms with E-state index in [4.69, 9.17) is 5.73 Å². The highest BCUT2D eigenvalue weighted by Gasteiger charge is 2.36. The molecule has 0 radical (unpaired) electrons. The van der Waals surface area contributed by atoms with Crippen molar-refractivity contribution in [2.45, 2.75) is 25.1 Å². The molecule has 0 saturated heterocycles. The Balaban J connectivity index is 1.95. The lowest BCUT2D eigenvalue weighted by molar-refractivity contribution is -0.144. The summed E-state index contributed by atoms with van der Waals surface area (Å²) in [6, 6.07) is 0.244. The Morgan fingerprint density at radius 3 is 2.59 bits per heavy atom. The first kappa shape index (κ1) is 12.6. The Bertz CT molecular complexity index is 386. The number of nitrogens with zero attached hydrogens (tertiary/aromatic N) is 3. The van der Waals surface area contributed by atoms with Crippen molar-refractivity contribution in [3.63, 3.8) is 0 Å². The molecule has 2 rings (SSSR count). The van der Waals surface area contributed by atoms with E-state index in [2.05, 4.69) is 9.36 Å². The number of aromatic nitrogens is 2. The van der Waals surface area contributed by atoms with Crippen molar-refractivity contribution in [1.29, 1.82) is 0 Å². The molecule has 96 valence electrons. The van der Waals surface area contributed by atoms with E-state index in [1.54, 1.807) is 11.9 Å². The van der Waals surface area contributed by atoms with Gasteiger partial charge in [-0.3, -0.25) is 0 Å². The second kappa shape index (κ2) is 4.41. The monoisotopic (exact) mass is 266 g/mol. The lowest BCUT2D eigenvalue weighted by Gasteiger charge is -2.35. The Kier molecular flexibility index (Phi) is 3.26. The zero-order valence-electron chi connectivity index (χ0n) is 9.24. The van der Waals surface area contributed by atoms with Crippen LogP contribution in [0, 0.1) is 5.92 Å². The summed E-state index contributed by atoms with van der Waals surface area (Å²) >= 11 is 0.775. The maximum Gasteiger partial charge on any atom is 0.452 e. The molecule has 1 aliphatic carbocycles. The van der Waals surface area contributed by atoms with Crippen molar-refractivity contribution in [3.8, 4) is 0 Å². The third-order valence-electron chi connectivity index (χ3n) is 2.80. The first-order chi connectivity index (χ1) is 7.86. The van der Waals surface area contributed by atoms with Crippen LogP contribution in [0.25, 0.3) is 0 Å². The molecule has 1 aromatic rings. The highest BCUT2D eigenvalue weighted by Crippen LogP contribution is 2.32. The van der Waals surface area contributed by atoms with Crippen molar-refractivity contribution in [2.75, 3.05) is 18.5 Å². The van der Waals surface area contributed by atoms with E-state index in [9.17, 15) is 13.2 Å². The number of halogens is 3. The van der Waals surface area contributed by atoms with Crippen molar-refractivity contribution in [3.05, 3.63) is 5.82 Å². The summed E-state index contributed by atoms with van der Waals surface area (Å²) < 4.78 is 40.2. The van der Waals surface area contributed by atoms with E-state index in [0.29, 0.717) is 17.6 Å². The van der Waals surface area contributed by atoms with Gasteiger partial charge in [-0.1, -0.05) is 0 Å². The lowest BCUT2D eigenvalue weighted by atomic mass is 9.81. The molecule has 2 N–H and O–H groups in total. The van der Waals surface area contributed by atoms with Crippen molar-refractivity contribution < 1.29 is 13.2 Å². The number of anilines is 1. The minimum atomic E-state index is -4.46. The summed E-state index contributed by atoms with van der Waals surface area (Å²) in [5, 5.41) is 0.304. The van der Waals surface area contributed by atoms with Crippen molar-refractivity contribution >= 4 is 16.7 Å². The minimum Gasteiger partial charge on any atom is -0.350 e. The van der Waals surface area contributed by atoms with Gasteiger partial charge in [-0.05, 0) is 18.8 Å². The molecule has 0 amide bonds. The van der Waals surface area contributed by atoms with Crippen LogP contribution in [0.3, 0.4) is 0 Å². The van der Waals surface area contributed by atoms with Gasteiger partial charge in [0.15, 0.2) is 0 Å². The predicted octanol–water partition coefficient (Wildman–Crippen LogP) is 1.73. The average Bonchev–Trinajstić information content (AvgIpc) is 2.63. The van der Waals surface area contributed by atoms with Crippen LogP contribution in [0.4, 0.5) is 18.3 Å². The van der Waals surface area contributed by atoms with Crippen LogP contribution in [0.1, 0.15) is 18.7 Å². The van der Waals surface area contributed by atoms with E-state index in [1.807, 2.05) is 0 Å². The van der Waals surface area contributed by atoms with E-state index in [0.717, 1.165) is 24.4 Å². The second-order valence-corrected chi connectivity index (χ2v) is 5.11. The topological polar surface area (TPSA) is 55.0 Å². The molecule has 0 unspecified atom stereocenters. The maximum atomic E-state index is 12.3. The van der Waals surface area contributed by atoms with E-state index >= 15 is 0 Å². The summed E-state index contributed by atoms with van der Waals surface area (Å²) in [6.45, 7) is 0.681. The number of nitrogens with two attached hydrogens (primary N) is 1. The fraction of sp³-hybridized carbons (Fsp3) is 0.778. The zero-order valence-corrected chi connectivity index (χ0v) is 10.1. The smallest absolute Gasteiger partial charge is 0.350 e. The average molecular weight is 266 g/mol. The van der Waals surface area contributed by atoms with Crippen molar-refractivity contribution in [2.24, 2.45) is 11.7 Å². The molecule has 17 heavy (non-hydrogen) atoms. The lowest BCUT2D eigenvalue weighted by Crippen LogP contribution is -2.41. The first-order valence-electron chi connectivity index (χ1n) is 5.24. The molecule has 1 aliphatic rings. The van der Waals surface area contributed by atoms with Crippen LogP contribution in [-0.2, 0) is 6.18 Å². The molecule has 0 bridgehead atoms. The van der Waals surface area contributed by atoms with Gasteiger partial charge in [0.05, 0.1) is 0 Å². The molecular weight excluding hydrogens is 253 g/mol. The number of hydrogen-bond acceptors (Lipinski definition) is 5. The Morgan fingerprint density at radius 2 is 2.12 bits per heavy atom. The van der Waals surface area contributed by atoms with Gasteiger partial charge in [-0.2, -0.15) is 22.5 Å². The molecule has 8 heteroatoms. The standard InChI is InChI=1S/C9H13F3N4S/c1-16(4-5-2-6(13)3-5)8-14-7(15-17-8)9(10,11)12/h5-6H,2-4,13H2,1H3. The molecular formula is C9H13F3N4S. The van der Waals surface area contributed by atoms with E-state index in [-0.39, 0.29) is 6.04 Å². The van der Waals surface area contributed by atoms with E-state index < -0.39 is 12.0 Å². The Hall–Kier alpha value is -0.890. The fourth-order valence-electron chi connectivity index (χ4n) is 1.89. The highest BCUT2D eigenvalue weighted by molar-refractivity contribution is 7.09. The summed E-state index contributed by atoms with van der Waals surface area (Å²) in [5.74, 6) is -0.608.